The molecule has 0 radical (unpaired) electrons. The van der Waals surface area contributed by atoms with Gasteiger partial charge in [-0.05, 0) is 56.2 Å². The van der Waals surface area contributed by atoms with Crippen LogP contribution in [0.3, 0.4) is 0 Å². The number of nitrogens with zero attached hydrogens (tertiary/aromatic N) is 1. The number of hydrogen-bond donors (Lipinski definition) is 1. The third-order valence-electron chi connectivity index (χ3n) is 4.34. The number of anilines is 1. The van der Waals surface area contributed by atoms with Crippen LogP contribution >= 0.6 is 15.9 Å². The maximum atomic E-state index is 13.0. The normalized spacial score (nSPS) is 14.2. The zero-order valence-corrected chi connectivity index (χ0v) is 17.7. The van der Waals surface area contributed by atoms with Crippen molar-refractivity contribution in [3.8, 4) is 5.75 Å². The number of carbonyl (C=O) groups excluding carboxylic acids is 2. The second kappa shape index (κ2) is 8.61. The van der Waals surface area contributed by atoms with Gasteiger partial charge >= 0.3 is 0 Å². The SMILES string of the molecule is CCCOc1ccc(C2=C(Nc3cccc(Br)c3)C(=O)N(C(C)C)C2=O)cc1. The van der Waals surface area contributed by atoms with E-state index < -0.39 is 0 Å². The molecule has 0 fully saturated rings. The van der Waals surface area contributed by atoms with Crippen LogP contribution in [0.1, 0.15) is 32.8 Å². The number of ether oxygens (including phenoxy) is 1. The Morgan fingerprint density at radius 2 is 1.79 bits per heavy atom. The number of imide groups is 1. The van der Waals surface area contributed by atoms with Crippen molar-refractivity contribution in [3.63, 3.8) is 0 Å². The molecule has 5 nitrogen and oxygen atoms in total. The van der Waals surface area contributed by atoms with E-state index in [4.69, 9.17) is 4.74 Å². The van der Waals surface area contributed by atoms with Crippen LogP contribution in [0.5, 0.6) is 5.75 Å². The van der Waals surface area contributed by atoms with Crippen LogP contribution in [-0.2, 0) is 9.59 Å². The van der Waals surface area contributed by atoms with Crippen LogP contribution in [0.4, 0.5) is 5.69 Å². The molecule has 3 rings (SSSR count). The standard InChI is InChI=1S/C22H23BrN2O3/c1-4-12-28-18-10-8-15(9-11-18)19-20(22(27)25(14(2)3)21(19)26)24-17-7-5-6-16(23)13-17/h5-11,13-14,24H,4,12H2,1-3H3. The van der Waals surface area contributed by atoms with Crippen LogP contribution in [0, 0.1) is 0 Å². The second-order valence-electron chi connectivity index (χ2n) is 6.83. The van der Waals surface area contributed by atoms with Crippen molar-refractivity contribution in [2.24, 2.45) is 0 Å². The zero-order valence-electron chi connectivity index (χ0n) is 16.2. The highest BCUT2D eigenvalue weighted by Gasteiger charge is 2.40. The van der Waals surface area contributed by atoms with Crippen LogP contribution < -0.4 is 10.1 Å². The average molecular weight is 443 g/mol. The third kappa shape index (κ3) is 4.12. The molecule has 0 bridgehead atoms. The van der Waals surface area contributed by atoms with Gasteiger partial charge in [0.1, 0.15) is 11.4 Å². The molecule has 6 heteroatoms. The molecular formula is C22H23BrN2O3. The molecule has 146 valence electrons. The summed E-state index contributed by atoms with van der Waals surface area (Å²) in [6, 6.07) is 14.5. The highest BCUT2D eigenvalue weighted by Crippen LogP contribution is 2.32. The van der Waals surface area contributed by atoms with E-state index >= 15 is 0 Å². The number of nitrogens with one attached hydrogen (secondary N) is 1. The van der Waals surface area contributed by atoms with Crippen molar-refractivity contribution < 1.29 is 14.3 Å². The van der Waals surface area contributed by atoms with E-state index in [1.165, 1.54) is 4.90 Å². The lowest BCUT2D eigenvalue weighted by molar-refractivity contribution is -0.138. The Balaban J connectivity index is 2.01. The van der Waals surface area contributed by atoms with Crippen molar-refractivity contribution in [1.82, 2.24) is 4.90 Å². The maximum absolute atomic E-state index is 13.0. The minimum absolute atomic E-state index is 0.232. The van der Waals surface area contributed by atoms with E-state index in [-0.39, 0.29) is 17.9 Å². The summed E-state index contributed by atoms with van der Waals surface area (Å²) < 4.78 is 6.50. The molecule has 0 atom stereocenters. The Labute approximate surface area is 173 Å². The monoisotopic (exact) mass is 442 g/mol. The Hall–Kier alpha value is -2.60. The highest BCUT2D eigenvalue weighted by molar-refractivity contribution is 9.10. The average Bonchev–Trinajstić information content (AvgIpc) is 2.90. The first kappa shape index (κ1) is 20.1. The van der Waals surface area contributed by atoms with Crippen molar-refractivity contribution >= 4 is 39.0 Å². The highest BCUT2D eigenvalue weighted by atomic mass is 79.9. The second-order valence-corrected chi connectivity index (χ2v) is 7.75. The fraction of sp³-hybridized carbons (Fsp3) is 0.273. The topological polar surface area (TPSA) is 58.6 Å². The number of rotatable bonds is 7. The molecule has 0 spiro atoms. The number of hydrogen-bond acceptors (Lipinski definition) is 4. The summed E-state index contributed by atoms with van der Waals surface area (Å²) in [6.45, 7) is 6.34. The Morgan fingerprint density at radius 3 is 2.39 bits per heavy atom. The quantitative estimate of drug-likeness (QED) is 0.623. The molecule has 0 unspecified atom stereocenters. The van der Waals surface area contributed by atoms with Crippen LogP contribution in [0.2, 0.25) is 0 Å². The Morgan fingerprint density at radius 1 is 1.07 bits per heavy atom. The first-order chi connectivity index (χ1) is 13.4. The largest absolute Gasteiger partial charge is 0.494 e. The molecular weight excluding hydrogens is 420 g/mol. The molecule has 0 saturated carbocycles. The lowest BCUT2D eigenvalue weighted by Gasteiger charge is -2.19. The van der Waals surface area contributed by atoms with Gasteiger partial charge in [-0.15, -0.1) is 0 Å². The number of amides is 2. The van der Waals surface area contributed by atoms with Crippen LogP contribution in [0.25, 0.3) is 5.57 Å². The predicted octanol–water partition coefficient (Wildman–Crippen LogP) is 4.84. The number of halogens is 1. The summed E-state index contributed by atoms with van der Waals surface area (Å²) in [5.41, 5.74) is 2.08. The van der Waals surface area contributed by atoms with E-state index in [0.717, 1.165) is 22.3 Å². The lowest BCUT2D eigenvalue weighted by Crippen LogP contribution is -2.38. The molecule has 1 N–H and O–H groups in total. The van der Waals surface area contributed by atoms with Gasteiger partial charge in [0.25, 0.3) is 11.8 Å². The minimum atomic E-state index is -0.318. The molecule has 0 saturated heterocycles. The van der Waals surface area contributed by atoms with Gasteiger partial charge in [0.2, 0.25) is 0 Å². The summed E-state index contributed by atoms with van der Waals surface area (Å²) in [6.07, 6.45) is 0.921. The van der Waals surface area contributed by atoms with E-state index in [2.05, 4.69) is 21.2 Å². The third-order valence-corrected chi connectivity index (χ3v) is 4.83. The van der Waals surface area contributed by atoms with Crippen molar-refractivity contribution in [1.29, 1.82) is 0 Å². The van der Waals surface area contributed by atoms with Gasteiger partial charge in [0.15, 0.2) is 0 Å². The molecule has 1 heterocycles. The Bertz CT molecular complexity index is 920. The zero-order chi connectivity index (χ0) is 20.3. The van der Waals surface area contributed by atoms with Crippen LogP contribution in [-0.4, -0.2) is 29.4 Å². The molecule has 28 heavy (non-hydrogen) atoms. The molecule has 2 aromatic carbocycles. The van der Waals surface area contributed by atoms with Gasteiger partial charge in [-0.1, -0.05) is 41.1 Å². The van der Waals surface area contributed by atoms with Gasteiger partial charge in [0, 0.05) is 16.2 Å². The fourth-order valence-corrected chi connectivity index (χ4v) is 3.45. The molecule has 2 amide bonds. The number of benzene rings is 2. The van der Waals surface area contributed by atoms with E-state index in [9.17, 15) is 9.59 Å². The maximum Gasteiger partial charge on any atom is 0.278 e. The minimum Gasteiger partial charge on any atom is -0.494 e. The molecule has 2 aromatic rings. The first-order valence-electron chi connectivity index (χ1n) is 9.30. The summed E-state index contributed by atoms with van der Waals surface area (Å²) in [4.78, 5) is 27.3. The van der Waals surface area contributed by atoms with Gasteiger partial charge in [0.05, 0.1) is 12.2 Å². The lowest BCUT2D eigenvalue weighted by atomic mass is 10.0. The summed E-state index contributed by atoms with van der Waals surface area (Å²) in [5.74, 6) is 0.131. The van der Waals surface area contributed by atoms with Gasteiger partial charge in [-0.25, -0.2) is 0 Å². The van der Waals surface area contributed by atoms with Gasteiger partial charge < -0.3 is 10.1 Å². The van der Waals surface area contributed by atoms with Crippen molar-refractivity contribution in [2.75, 3.05) is 11.9 Å². The van der Waals surface area contributed by atoms with E-state index in [1.54, 1.807) is 0 Å². The van der Waals surface area contributed by atoms with E-state index in [1.807, 2.05) is 69.3 Å². The molecule has 0 aromatic heterocycles. The van der Waals surface area contributed by atoms with Crippen LogP contribution in [0.15, 0.2) is 58.7 Å². The Kier molecular flexibility index (Phi) is 6.19. The van der Waals surface area contributed by atoms with Gasteiger partial charge in [-0.3, -0.25) is 14.5 Å². The fourth-order valence-electron chi connectivity index (χ4n) is 3.05. The summed E-state index contributed by atoms with van der Waals surface area (Å²) >= 11 is 3.43. The smallest absolute Gasteiger partial charge is 0.278 e. The molecule has 1 aliphatic rings. The predicted molar refractivity (Wildman–Crippen MR) is 114 cm³/mol. The van der Waals surface area contributed by atoms with Crippen molar-refractivity contribution in [2.45, 2.75) is 33.2 Å². The number of carbonyl (C=O) groups is 2. The first-order valence-corrected chi connectivity index (χ1v) is 10.1. The molecule has 1 aliphatic heterocycles. The van der Waals surface area contributed by atoms with Gasteiger partial charge in [-0.2, -0.15) is 0 Å². The van der Waals surface area contributed by atoms with Crippen molar-refractivity contribution in [3.05, 3.63) is 64.3 Å². The summed E-state index contributed by atoms with van der Waals surface area (Å²) in [7, 11) is 0. The molecule has 0 aliphatic carbocycles. The summed E-state index contributed by atoms with van der Waals surface area (Å²) in [5, 5.41) is 3.15. The van der Waals surface area contributed by atoms with E-state index in [0.29, 0.717) is 23.4 Å².